The molecule has 4 N–H and O–H groups in total. The van der Waals surface area contributed by atoms with Gasteiger partial charge in [0.1, 0.15) is 11.5 Å². The first-order valence-corrected chi connectivity index (χ1v) is 5.81. The summed E-state index contributed by atoms with van der Waals surface area (Å²) in [6, 6.07) is 3.27. The molecule has 1 unspecified atom stereocenters. The van der Waals surface area contributed by atoms with Crippen LogP contribution in [0.2, 0.25) is 0 Å². The van der Waals surface area contributed by atoms with Crippen molar-refractivity contribution in [3.63, 3.8) is 0 Å². The largest absolute Gasteiger partial charge is 0.508 e. The van der Waals surface area contributed by atoms with Crippen LogP contribution in [0, 0.1) is 5.41 Å². The van der Waals surface area contributed by atoms with Crippen molar-refractivity contribution in [3.8, 4) is 11.5 Å². The van der Waals surface area contributed by atoms with Gasteiger partial charge in [0.2, 0.25) is 0 Å². The van der Waals surface area contributed by atoms with Crippen LogP contribution in [0.5, 0.6) is 11.5 Å². The summed E-state index contributed by atoms with van der Waals surface area (Å²) in [6.07, 6.45) is 1.01. The molecule has 1 aromatic carbocycles. The molecule has 98 valence electrons. The van der Waals surface area contributed by atoms with E-state index in [9.17, 15) is 9.90 Å². The predicted molar refractivity (Wildman–Crippen MR) is 65.8 cm³/mol. The van der Waals surface area contributed by atoms with Gasteiger partial charge in [-0.3, -0.25) is 4.79 Å². The van der Waals surface area contributed by atoms with Crippen LogP contribution in [0.4, 0.5) is 0 Å². The Hall–Kier alpha value is -1.75. The Morgan fingerprint density at radius 2 is 2.11 bits per heavy atom. The highest BCUT2D eigenvalue weighted by Crippen LogP contribution is 2.46. The standard InChI is InChI=1S/C13H17NO4/c1-18-11-3-2-10(15)8-4-13(7-14,5-9(8)11)6-12(16)17/h2-3,15H,4-7,14H2,1H3,(H,16,17). The molecule has 0 saturated carbocycles. The summed E-state index contributed by atoms with van der Waals surface area (Å²) < 4.78 is 5.26. The van der Waals surface area contributed by atoms with Crippen LogP contribution in [0.1, 0.15) is 17.5 Å². The van der Waals surface area contributed by atoms with Gasteiger partial charge in [0.25, 0.3) is 0 Å². The maximum Gasteiger partial charge on any atom is 0.303 e. The lowest BCUT2D eigenvalue weighted by Crippen LogP contribution is -2.33. The quantitative estimate of drug-likeness (QED) is 0.740. The number of hydrogen-bond donors (Lipinski definition) is 3. The molecule has 1 atom stereocenters. The van der Waals surface area contributed by atoms with E-state index >= 15 is 0 Å². The average molecular weight is 251 g/mol. The Balaban J connectivity index is 2.41. The second-order valence-corrected chi connectivity index (χ2v) is 4.87. The lowest BCUT2D eigenvalue weighted by Gasteiger charge is -2.24. The number of phenolic OH excluding ortho intramolecular Hbond substituents is 1. The highest BCUT2D eigenvalue weighted by molar-refractivity contribution is 5.69. The third kappa shape index (κ3) is 2.01. The first-order valence-electron chi connectivity index (χ1n) is 5.81. The van der Waals surface area contributed by atoms with Crippen LogP contribution in [-0.2, 0) is 17.6 Å². The molecular weight excluding hydrogens is 234 g/mol. The van der Waals surface area contributed by atoms with Gasteiger partial charge in [0.15, 0.2) is 0 Å². The van der Waals surface area contributed by atoms with Gasteiger partial charge >= 0.3 is 5.97 Å². The topological polar surface area (TPSA) is 92.8 Å². The number of methoxy groups -OCH3 is 1. The number of rotatable bonds is 4. The van der Waals surface area contributed by atoms with Gasteiger partial charge in [-0.15, -0.1) is 0 Å². The summed E-state index contributed by atoms with van der Waals surface area (Å²) in [4.78, 5) is 11.0. The molecule has 0 fully saturated rings. The molecule has 18 heavy (non-hydrogen) atoms. The Bertz CT molecular complexity index is 486. The Morgan fingerprint density at radius 3 is 2.67 bits per heavy atom. The third-order valence-electron chi connectivity index (χ3n) is 3.65. The number of ether oxygens (including phenoxy) is 1. The van der Waals surface area contributed by atoms with Gasteiger partial charge in [-0.25, -0.2) is 0 Å². The second kappa shape index (κ2) is 4.49. The fourth-order valence-corrected chi connectivity index (χ4v) is 2.72. The van der Waals surface area contributed by atoms with Crippen LogP contribution in [0.25, 0.3) is 0 Å². The van der Waals surface area contributed by atoms with Gasteiger partial charge in [0.05, 0.1) is 13.5 Å². The zero-order chi connectivity index (χ0) is 13.3. The molecule has 1 aliphatic rings. The van der Waals surface area contributed by atoms with Gasteiger partial charge in [-0.1, -0.05) is 0 Å². The molecule has 5 heteroatoms. The molecule has 2 rings (SSSR count). The Labute approximate surface area is 105 Å². The number of nitrogens with two attached hydrogens (primary N) is 1. The van der Waals surface area contributed by atoms with E-state index < -0.39 is 11.4 Å². The molecule has 5 nitrogen and oxygen atoms in total. The maximum absolute atomic E-state index is 11.0. The number of phenols is 1. The summed E-state index contributed by atoms with van der Waals surface area (Å²) in [6.45, 7) is 0.274. The molecule has 0 radical (unpaired) electrons. The predicted octanol–water partition coefficient (Wildman–Crippen LogP) is 0.919. The van der Waals surface area contributed by atoms with E-state index in [0.29, 0.717) is 18.6 Å². The van der Waals surface area contributed by atoms with E-state index in [1.807, 2.05) is 0 Å². The molecule has 1 aliphatic carbocycles. The van der Waals surface area contributed by atoms with Crippen molar-refractivity contribution in [1.82, 2.24) is 0 Å². The van der Waals surface area contributed by atoms with Gasteiger partial charge < -0.3 is 20.7 Å². The summed E-state index contributed by atoms with van der Waals surface area (Å²) in [5.41, 5.74) is 6.88. The van der Waals surface area contributed by atoms with Gasteiger partial charge in [-0.05, 0) is 31.5 Å². The summed E-state index contributed by atoms with van der Waals surface area (Å²) in [7, 11) is 1.56. The molecule has 0 spiro atoms. The number of hydrogen-bond acceptors (Lipinski definition) is 4. The van der Waals surface area contributed by atoms with E-state index in [1.165, 1.54) is 0 Å². The van der Waals surface area contributed by atoms with Crippen molar-refractivity contribution < 1.29 is 19.7 Å². The first-order chi connectivity index (χ1) is 8.51. The normalized spacial score (nSPS) is 21.7. The number of aliphatic carboxylic acids is 1. The summed E-state index contributed by atoms with van der Waals surface area (Å²) in [5, 5.41) is 18.9. The zero-order valence-electron chi connectivity index (χ0n) is 10.3. The van der Waals surface area contributed by atoms with Crippen LogP contribution in [-0.4, -0.2) is 29.8 Å². The molecule has 0 bridgehead atoms. The van der Waals surface area contributed by atoms with E-state index in [1.54, 1.807) is 19.2 Å². The fourth-order valence-electron chi connectivity index (χ4n) is 2.72. The van der Waals surface area contributed by atoms with E-state index in [-0.39, 0.29) is 18.7 Å². The van der Waals surface area contributed by atoms with Crippen LogP contribution in [0.3, 0.4) is 0 Å². The maximum atomic E-state index is 11.0. The minimum absolute atomic E-state index is 0.000768. The number of carbonyl (C=O) groups is 1. The third-order valence-corrected chi connectivity index (χ3v) is 3.65. The minimum atomic E-state index is -0.869. The van der Waals surface area contributed by atoms with E-state index in [4.69, 9.17) is 15.6 Å². The van der Waals surface area contributed by atoms with Gasteiger partial charge in [0, 0.05) is 16.5 Å². The number of carboxylic acids is 1. The van der Waals surface area contributed by atoms with Crippen molar-refractivity contribution in [1.29, 1.82) is 0 Å². The number of aromatic hydroxyl groups is 1. The molecule has 0 heterocycles. The molecule has 0 amide bonds. The summed E-state index contributed by atoms with van der Waals surface area (Å²) in [5.74, 6) is 0.00161. The number of carboxylic acid groups (broad SMARTS) is 1. The average Bonchev–Trinajstić information content (AvgIpc) is 2.70. The summed E-state index contributed by atoms with van der Waals surface area (Å²) >= 11 is 0. The number of fused-ring (bicyclic) bond motifs is 1. The highest BCUT2D eigenvalue weighted by Gasteiger charge is 2.40. The Morgan fingerprint density at radius 1 is 1.44 bits per heavy atom. The molecule has 1 aromatic rings. The van der Waals surface area contributed by atoms with Crippen LogP contribution < -0.4 is 10.5 Å². The SMILES string of the molecule is COc1ccc(O)c2c1CC(CN)(CC(=O)O)C2. The second-order valence-electron chi connectivity index (χ2n) is 4.87. The van der Waals surface area contributed by atoms with Crippen LogP contribution in [0.15, 0.2) is 12.1 Å². The molecule has 0 aromatic heterocycles. The zero-order valence-corrected chi connectivity index (χ0v) is 10.3. The van der Waals surface area contributed by atoms with Crippen molar-refractivity contribution >= 4 is 5.97 Å². The number of benzene rings is 1. The van der Waals surface area contributed by atoms with Crippen LogP contribution >= 0.6 is 0 Å². The van der Waals surface area contributed by atoms with E-state index in [0.717, 1.165) is 11.1 Å². The molecule has 0 aliphatic heterocycles. The van der Waals surface area contributed by atoms with Gasteiger partial charge in [-0.2, -0.15) is 0 Å². The first kappa shape index (κ1) is 12.7. The monoisotopic (exact) mass is 251 g/mol. The smallest absolute Gasteiger partial charge is 0.303 e. The lowest BCUT2D eigenvalue weighted by atomic mass is 9.81. The van der Waals surface area contributed by atoms with Crippen molar-refractivity contribution in [2.45, 2.75) is 19.3 Å². The van der Waals surface area contributed by atoms with Crippen molar-refractivity contribution in [3.05, 3.63) is 23.3 Å². The highest BCUT2D eigenvalue weighted by atomic mass is 16.5. The Kier molecular flexibility index (Phi) is 3.17. The molecular formula is C13H17NO4. The molecule has 0 saturated heterocycles. The lowest BCUT2D eigenvalue weighted by molar-refractivity contribution is -0.139. The van der Waals surface area contributed by atoms with Crippen molar-refractivity contribution in [2.75, 3.05) is 13.7 Å². The van der Waals surface area contributed by atoms with Crippen molar-refractivity contribution in [2.24, 2.45) is 11.1 Å². The minimum Gasteiger partial charge on any atom is -0.508 e. The van der Waals surface area contributed by atoms with E-state index in [2.05, 4.69) is 0 Å². The fraction of sp³-hybridized carbons (Fsp3) is 0.462.